The Morgan fingerprint density at radius 2 is 2.04 bits per heavy atom. The lowest BCUT2D eigenvalue weighted by Gasteiger charge is -2.18. The van der Waals surface area contributed by atoms with Gasteiger partial charge in [0, 0.05) is 23.6 Å². The van der Waals surface area contributed by atoms with Crippen LogP contribution in [0.4, 0.5) is 0 Å². The third-order valence-corrected chi connectivity index (χ3v) is 4.28. The van der Waals surface area contributed by atoms with E-state index in [1.54, 1.807) is 4.90 Å². The first-order valence-electron chi connectivity index (χ1n) is 8.44. The van der Waals surface area contributed by atoms with Gasteiger partial charge in [0.05, 0.1) is 13.2 Å². The molecule has 1 aliphatic heterocycles. The molecule has 1 aliphatic rings. The number of ether oxygens (including phenoxy) is 1. The first kappa shape index (κ1) is 17.5. The summed E-state index contributed by atoms with van der Waals surface area (Å²) in [6.07, 6.45) is 1.11. The molecule has 0 spiro atoms. The van der Waals surface area contributed by atoms with Crippen molar-refractivity contribution in [3.05, 3.63) is 64.7 Å². The lowest BCUT2D eigenvalue weighted by molar-refractivity contribution is -0.127. The zero-order chi connectivity index (χ0) is 17.6. The molecule has 0 bridgehead atoms. The molecule has 2 aromatic rings. The van der Waals surface area contributed by atoms with E-state index in [-0.39, 0.29) is 5.91 Å². The van der Waals surface area contributed by atoms with Gasteiger partial charge in [-0.1, -0.05) is 41.4 Å². The molecule has 0 N–H and O–H groups in total. The van der Waals surface area contributed by atoms with Gasteiger partial charge in [-0.3, -0.25) is 14.7 Å². The Bertz CT molecular complexity index is 772. The SMILES string of the molecule is Cc1ccc(OCCCC(=O)N2CCN=C2c2cccc(Cl)c2)cc1. The fraction of sp³-hybridized carbons (Fsp3) is 0.300. The number of hydrogen-bond acceptors (Lipinski definition) is 3. The van der Waals surface area contributed by atoms with Gasteiger partial charge in [-0.2, -0.15) is 0 Å². The van der Waals surface area contributed by atoms with Crippen molar-refractivity contribution < 1.29 is 9.53 Å². The molecule has 0 radical (unpaired) electrons. The van der Waals surface area contributed by atoms with Crippen molar-refractivity contribution >= 4 is 23.3 Å². The van der Waals surface area contributed by atoms with E-state index >= 15 is 0 Å². The summed E-state index contributed by atoms with van der Waals surface area (Å²) in [5.74, 6) is 1.62. The first-order valence-corrected chi connectivity index (χ1v) is 8.81. The zero-order valence-corrected chi connectivity index (χ0v) is 15.0. The minimum absolute atomic E-state index is 0.0729. The summed E-state index contributed by atoms with van der Waals surface area (Å²) in [4.78, 5) is 18.7. The predicted molar refractivity (Wildman–Crippen MR) is 100 cm³/mol. The number of carbonyl (C=O) groups excluding carboxylic acids is 1. The van der Waals surface area contributed by atoms with Crippen molar-refractivity contribution in [1.82, 2.24) is 4.90 Å². The van der Waals surface area contributed by atoms with E-state index in [1.165, 1.54) is 5.56 Å². The zero-order valence-electron chi connectivity index (χ0n) is 14.2. The minimum atomic E-state index is 0.0729. The van der Waals surface area contributed by atoms with Crippen molar-refractivity contribution in [3.8, 4) is 5.75 Å². The van der Waals surface area contributed by atoms with Gasteiger partial charge in [-0.25, -0.2) is 0 Å². The fourth-order valence-corrected chi connectivity index (χ4v) is 2.94. The summed E-state index contributed by atoms with van der Waals surface area (Å²) in [5, 5.41) is 0.644. The van der Waals surface area contributed by atoms with Crippen molar-refractivity contribution in [1.29, 1.82) is 0 Å². The van der Waals surface area contributed by atoms with Gasteiger partial charge in [0.25, 0.3) is 0 Å². The minimum Gasteiger partial charge on any atom is -0.494 e. The van der Waals surface area contributed by atoms with E-state index in [1.807, 2.05) is 55.5 Å². The van der Waals surface area contributed by atoms with E-state index in [0.29, 0.717) is 43.4 Å². The molecule has 0 fully saturated rings. The van der Waals surface area contributed by atoms with E-state index in [2.05, 4.69) is 4.99 Å². The Labute approximate surface area is 153 Å². The van der Waals surface area contributed by atoms with E-state index in [4.69, 9.17) is 16.3 Å². The molecule has 1 amide bonds. The van der Waals surface area contributed by atoms with Crippen molar-refractivity contribution in [2.75, 3.05) is 19.7 Å². The van der Waals surface area contributed by atoms with Gasteiger partial charge in [-0.15, -0.1) is 0 Å². The highest BCUT2D eigenvalue weighted by molar-refractivity contribution is 6.31. The molecule has 0 unspecified atom stereocenters. The molecule has 3 rings (SSSR count). The molecule has 0 saturated heterocycles. The van der Waals surface area contributed by atoms with E-state index in [0.717, 1.165) is 11.3 Å². The predicted octanol–water partition coefficient (Wildman–Crippen LogP) is 4.10. The van der Waals surface area contributed by atoms with Crippen molar-refractivity contribution in [3.63, 3.8) is 0 Å². The van der Waals surface area contributed by atoms with Crippen LogP contribution in [0.1, 0.15) is 24.0 Å². The fourth-order valence-electron chi connectivity index (χ4n) is 2.75. The van der Waals surface area contributed by atoms with E-state index in [9.17, 15) is 4.79 Å². The highest BCUT2D eigenvalue weighted by atomic mass is 35.5. The monoisotopic (exact) mass is 356 g/mol. The number of aliphatic imine (C=N–C) groups is 1. The van der Waals surface area contributed by atoms with Crippen LogP contribution in [0.3, 0.4) is 0 Å². The smallest absolute Gasteiger partial charge is 0.228 e. The van der Waals surface area contributed by atoms with Crippen molar-refractivity contribution in [2.24, 2.45) is 4.99 Å². The van der Waals surface area contributed by atoms with Crippen LogP contribution in [0.5, 0.6) is 5.75 Å². The topological polar surface area (TPSA) is 41.9 Å². The lowest BCUT2D eigenvalue weighted by atomic mass is 10.2. The maximum atomic E-state index is 12.5. The second kappa shape index (κ2) is 8.17. The summed E-state index contributed by atoms with van der Waals surface area (Å²) in [7, 11) is 0. The average molecular weight is 357 g/mol. The quantitative estimate of drug-likeness (QED) is 0.731. The standard InChI is InChI=1S/C20H21ClN2O2/c1-15-7-9-18(10-8-15)25-13-3-6-19(24)23-12-11-22-20(23)16-4-2-5-17(21)14-16/h2,4-5,7-10,14H,3,6,11-13H2,1H3. The summed E-state index contributed by atoms with van der Waals surface area (Å²) < 4.78 is 5.68. The number of amides is 1. The number of nitrogens with zero attached hydrogens (tertiary/aromatic N) is 2. The molecule has 130 valence electrons. The van der Waals surface area contributed by atoms with Gasteiger partial charge in [0.2, 0.25) is 5.91 Å². The number of benzene rings is 2. The number of hydrogen-bond donors (Lipinski definition) is 0. The Morgan fingerprint density at radius 3 is 2.80 bits per heavy atom. The second-order valence-electron chi connectivity index (χ2n) is 6.03. The van der Waals surface area contributed by atoms with Gasteiger partial charge in [-0.05, 0) is 37.6 Å². The number of aryl methyl sites for hydroxylation is 1. The van der Waals surface area contributed by atoms with E-state index < -0.39 is 0 Å². The highest BCUT2D eigenvalue weighted by Gasteiger charge is 2.24. The van der Waals surface area contributed by atoms with Crippen LogP contribution in [0.15, 0.2) is 53.5 Å². The van der Waals surface area contributed by atoms with Crippen LogP contribution in [0, 0.1) is 6.92 Å². The van der Waals surface area contributed by atoms with Gasteiger partial charge in [0.1, 0.15) is 11.6 Å². The number of halogens is 1. The molecule has 25 heavy (non-hydrogen) atoms. The Kier molecular flexibility index (Phi) is 5.71. The molecule has 0 atom stereocenters. The number of carbonyl (C=O) groups is 1. The first-order chi connectivity index (χ1) is 12.1. The maximum Gasteiger partial charge on any atom is 0.228 e. The summed E-state index contributed by atoms with van der Waals surface area (Å²) in [6, 6.07) is 15.4. The number of amidine groups is 1. The highest BCUT2D eigenvalue weighted by Crippen LogP contribution is 2.17. The molecule has 1 heterocycles. The van der Waals surface area contributed by atoms with Gasteiger partial charge in [0.15, 0.2) is 0 Å². The summed E-state index contributed by atoms with van der Waals surface area (Å²) >= 11 is 6.05. The molecule has 0 saturated carbocycles. The van der Waals surface area contributed by atoms with Crippen LogP contribution in [0.25, 0.3) is 0 Å². The molecular formula is C20H21ClN2O2. The average Bonchev–Trinajstić information content (AvgIpc) is 3.10. The Hall–Kier alpha value is -2.33. The third-order valence-electron chi connectivity index (χ3n) is 4.05. The largest absolute Gasteiger partial charge is 0.494 e. The summed E-state index contributed by atoms with van der Waals surface area (Å²) in [5.41, 5.74) is 2.08. The van der Waals surface area contributed by atoms with Crippen LogP contribution in [-0.2, 0) is 4.79 Å². The molecule has 4 nitrogen and oxygen atoms in total. The van der Waals surface area contributed by atoms with Gasteiger partial charge >= 0.3 is 0 Å². The lowest BCUT2D eigenvalue weighted by Crippen LogP contribution is -2.34. The van der Waals surface area contributed by atoms with Crippen LogP contribution in [-0.4, -0.2) is 36.3 Å². The molecule has 0 aromatic heterocycles. The number of rotatable bonds is 6. The Morgan fingerprint density at radius 1 is 1.24 bits per heavy atom. The normalized spacial score (nSPS) is 13.7. The third kappa shape index (κ3) is 4.60. The molecule has 5 heteroatoms. The molecule has 0 aliphatic carbocycles. The van der Waals surface area contributed by atoms with Crippen LogP contribution >= 0.6 is 11.6 Å². The molecular weight excluding hydrogens is 336 g/mol. The van der Waals surface area contributed by atoms with Crippen LogP contribution in [0.2, 0.25) is 5.02 Å². The van der Waals surface area contributed by atoms with Crippen molar-refractivity contribution in [2.45, 2.75) is 19.8 Å². The Balaban J connectivity index is 1.51. The van der Waals surface area contributed by atoms with Gasteiger partial charge < -0.3 is 4.74 Å². The van der Waals surface area contributed by atoms with Crippen LogP contribution < -0.4 is 4.74 Å². The maximum absolute atomic E-state index is 12.5. The second-order valence-corrected chi connectivity index (χ2v) is 6.46. The summed E-state index contributed by atoms with van der Waals surface area (Å²) in [6.45, 7) is 3.82. The molecule has 2 aromatic carbocycles.